The number of rotatable bonds is 4. The summed E-state index contributed by atoms with van der Waals surface area (Å²) in [5.41, 5.74) is 2.01. The fourth-order valence-corrected chi connectivity index (χ4v) is 4.67. The standard InChI is InChI=1S/C20H24N2OS/c23-20(17-9-7-16(8-10-17)19-6-4-14-24-19)22-13-3-5-18(22)15-21-11-1-2-12-21/h4,6-10,14,18H,1-3,5,11-13,15H2/t18-/m0/s1. The van der Waals surface area contributed by atoms with E-state index in [0.29, 0.717) is 6.04 Å². The Hall–Kier alpha value is -1.65. The zero-order chi connectivity index (χ0) is 16.4. The molecule has 2 aromatic rings. The number of nitrogens with zero attached hydrogens (tertiary/aromatic N) is 2. The second kappa shape index (κ2) is 7.08. The quantitative estimate of drug-likeness (QED) is 0.836. The van der Waals surface area contributed by atoms with Crippen molar-refractivity contribution in [3.05, 3.63) is 47.3 Å². The van der Waals surface area contributed by atoms with Crippen molar-refractivity contribution in [3.8, 4) is 10.4 Å². The molecule has 2 aliphatic heterocycles. The Bertz CT molecular complexity index is 674. The fourth-order valence-electron chi connectivity index (χ4n) is 3.94. The highest BCUT2D eigenvalue weighted by molar-refractivity contribution is 7.13. The number of thiophene rings is 1. The lowest BCUT2D eigenvalue weighted by atomic mass is 10.1. The monoisotopic (exact) mass is 340 g/mol. The van der Waals surface area contributed by atoms with E-state index in [4.69, 9.17) is 0 Å². The second-order valence-electron chi connectivity index (χ2n) is 6.86. The van der Waals surface area contributed by atoms with Crippen molar-refractivity contribution < 1.29 is 4.79 Å². The normalized spacial score (nSPS) is 21.5. The number of likely N-dealkylation sites (tertiary alicyclic amines) is 2. The molecule has 3 heterocycles. The van der Waals surface area contributed by atoms with Crippen LogP contribution >= 0.6 is 11.3 Å². The second-order valence-corrected chi connectivity index (χ2v) is 7.80. The van der Waals surface area contributed by atoms with Crippen LogP contribution < -0.4 is 0 Å². The van der Waals surface area contributed by atoms with Gasteiger partial charge in [-0.25, -0.2) is 0 Å². The van der Waals surface area contributed by atoms with E-state index in [1.54, 1.807) is 11.3 Å². The summed E-state index contributed by atoms with van der Waals surface area (Å²) < 4.78 is 0. The van der Waals surface area contributed by atoms with Crippen LogP contribution in [0.2, 0.25) is 0 Å². The molecule has 4 heteroatoms. The minimum absolute atomic E-state index is 0.203. The summed E-state index contributed by atoms with van der Waals surface area (Å²) in [5, 5.41) is 2.08. The number of carbonyl (C=O) groups is 1. The Balaban J connectivity index is 1.45. The number of benzene rings is 1. The Kier molecular flexibility index (Phi) is 4.67. The summed E-state index contributed by atoms with van der Waals surface area (Å²) in [6.45, 7) is 4.37. The molecule has 126 valence electrons. The van der Waals surface area contributed by atoms with Crippen molar-refractivity contribution in [2.75, 3.05) is 26.2 Å². The van der Waals surface area contributed by atoms with Gasteiger partial charge in [-0.05, 0) is 67.9 Å². The van der Waals surface area contributed by atoms with Crippen LogP contribution in [0.15, 0.2) is 41.8 Å². The molecule has 1 aromatic carbocycles. The number of carbonyl (C=O) groups excluding carboxylic acids is 1. The largest absolute Gasteiger partial charge is 0.334 e. The van der Waals surface area contributed by atoms with Gasteiger partial charge in [-0.3, -0.25) is 4.79 Å². The van der Waals surface area contributed by atoms with Gasteiger partial charge < -0.3 is 9.80 Å². The van der Waals surface area contributed by atoms with Gasteiger partial charge in [0.25, 0.3) is 5.91 Å². The molecule has 3 nitrogen and oxygen atoms in total. The molecule has 1 aromatic heterocycles. The zero-order valence-corrected chi connectivity index (χ0v) is 14.8. The summed E-state index contributed by atoms with van der Waals surface area (Å²) in [6, 6.07) is 12.7. The summed E-state index contributed by atoms with van der Waals surface area (Å²) in [7, 11) is 0. The maximum Gasteiger partial charge on any atom is 0.254 e. The molecule has 0 saturated carbocycles. The van der Waals surface area contributed by atoms with Gasteiger partial charge in [0.05, 0.1) is 0 Å². The molecule has 0 unspecified atom stereocenters. The summed E-state index contributed by atoms with van der Waals surface area (Å²) in [5.74, 6) is 0.203. The van der Waals surface area contributed by atoms with Crippen LogP contribution in [-0.2, 0) is 0 Å². The van der Waals surface area contributed by atoms with E-state index < -0.39 is 0 Å². The summed E-state index contributed by atoms with van der Waals surface area (Å²) >= 11 is 1.73. The van der Waals surface area contributed by atoms with E-state index in [1.165, 1.54) is 36.4 Å². The molecule has 0 spiro atoms. The van der Waals surface area contributed by atoms with Crippen molar-refractivity contribution in [3.63, 3.8) is 0 Å². The van der Waals surface area contributed by atoms with Crippen LogP contribution in [-0.4, -0.2) is 47.9 Å². The molecule has 0 aliphatic carbocycles. The van der Waals surface area contributed by atoms with Gasteiger partial charge in [0, 0.05) is 29.6 Å². The van der Waals surface area contributed by atoms with Crippen molar-refractivity contribution in [2.45, 2.75) is 31.7 Å². The molecule has 2 aliphatic rings. The minimum atomic E-state index is 0.203. The van der Waals surface area contributed by atoms with Crippen LogP contribution in [0.4, 0.5) is 0 Å². The lowest BCUT2D eigenvalue weighted by Gasteiger charge is -2.28. The smallest absolute Gasteiger partial charge is 0.254 e. The maximum absolute atomic E-state index is 12.9. The van der Waals surface area contributed by atoms with Crippen LogP contribution in [0.25, 0.3) is 10.4 Å². The van der Waals surface area contributed by atoms with E-state index in [0.717, 1.165) is 31.5 Å². The average Bonchev–Trinajstić information content (AvgIpc) is 3.37. The first-order valence-corrected chi connectivity index (χ1v) is 9.86. The summed E-state index contributed by atoms with van der Waals surface area (Å²) in [6.07, 6.45) is 4.91. The molecule has 4 rings (SSSR count). The molecular weight excluding hydrogens is 316 g/mol. The topological polar surface area (TPSA) is 23.6 Å². The third-order valence-corrected chi connectivity index (χ3v) is 6.16. The molecule has 1 atom stereocenters. The van der Waals surface area contributed by atoms with Crippen LogP contribution in [0.5, 0.6) is 0 Å². The predicted octanol–water partition coefficient (Wildman–Crippen LogP) is 4.12. The zero-order valence-electron chi connectivity index (χ0n) is 14.0. The van der Waals surface area contributed by atoms with E-state index in [1.807, 2.05) is 12.1 Å². The minimum Gasteiger partial charge on any atom is -0.334 e. The van der Waals surface area contributed by atoms with Crippen molar-refractivity contribution in [1.82, 2.24) is 9.80 Å². The van der Waals surface area contributed by atoms with E-state index >= 15 is 0 Å². The highest BCUT2D eigenvalue weighted by Crippen LogP contribution is 2.26. The predicted molar refractivity (Wildman–Crippen MR) is 99.5 cm³/mol. The van der Waals surface area contributed by atoms with Crippen LogP contribution in [0.3, 0.4) is 0 Å². The highest BCUT2D eigenvalue weighted by atomic mass is 32.1. The van der Waals surface area contributed by atoms with Gasteiger partial charge in [-0.15, -0.1) is 11.3 Å². The number of hydrogen-bond acceptors (Lipinski definition) is 3. The third-order valence-electron chi connectivity index (χ3n) is 5.24. The van der Waals surface area contributed by atoms with Gasteiger partial charge in [0.2, 0.25) is 0 Å². The molecule has 2 saturated heterocycles. The van der Waals surface area contributed by atoms with Crippen LogP contribution in [0, 0.1) is 0 Å². The van der Waals surface area contributed by atoms with Crippen molar-refractivity contribution in [2.24, 2.45) is 0 Å². The lowest BCUT2D eigenvalue weighted by Crippen LogP contribution is -2.42. The average molecular weight is 340 g/mol. The Morgan fingerprint density at radius 2 is 1.83 bits per heavy atom. The molecule has 0 radical (unpaired) electrons. The molecule has 0 N–H and O–H groups in total. The van der Waals surface area contributed by atoms with Gasteiger partial charge in [-0.1, -0.05) is 18.2 Å². The fraction of sp³-hybridized carbons (Fsp3) is 0.450. The highest BCUT2D eigenvalue weighted by Gasteiger charge is 2.31. The number of amides is 1. The summed E-state index contributed by atoms with van der Waals surface area (Å²) in [4.78, 5) is 18.8. The molecule has 1 amide bonds. The first-order valence-electron chi connectivity index (χ1n) is 8.98. The van der Waals surface area contributed by atoms with Crippen LogP contribution in [0.1, 0.15) is 36.0 Å². The van der Waals surface area contributed by atoms with Gasteiger partial charge in [-0.2, -0.15) is 0 Å². The van der Waals surface area contributed by atoms with Gasteiger partial charge >= 0.3 is 0 Å². The Morgan fingerprint density at radius 1 is 1.04 bits per heavy atom. The Morgan fingerprint density at radius 3 is 2.54 bits per heavy atom. The van der Waals surface area contributed by atoms with Gasteiger partial charge in [0.1, 0.15) is 0 Å². The first-order chi connectivity index (χ1) is 11.8. The molecule has 24 heavy (non-hydrogen) atoms. The Labute approximate surface area is 147 Å². The number of hydrogen-bond donors (Lipinski definition) is 0. The van der Waals surface area contributed by atoms with E-state index in [9.17, 15) is 4.79 Å². The third kappa shape index (κ3) is 3.26. The lowest BCUT2D eigenvalue weighted by molar-refractivity contribution is 0.0709. The maximum atomic E-state index is 12.9. The SMILES string of the molecule is O=C(c1ccc(-c2cccs2)cc1)N1CCC[C@H]1CN1CCCC1. The molecule has 2 fully saturated rings. The van der Waals surface area contributed by atoms with E-state index in [-0.39, 0.29) is 5.91 Å². The first kappa shape index (κ1) is 15.9. The van der Waals surface area contributed by atoms with Crippen molar-refractivity contribution in [1.29, 1.82) is 0 Å². The van der Waals surface area contributed by atoms with Gasteiger partial charge in [0.15, 0.2) is 0 Å². The molecular formula is C20H24N2OS. The molecule has 0 bridgehead atoms. The van der Waals surface area contributed by atoms with Crippen molar-refractivity contribution >= 4 is 17.2 Å². The van der Waals surface area contributed by atoms with E-state index in [2.05, 4.69) is 39.4 Å².